The third-order valence-electron chi connectivity index (χ3n) is 9.20. The molecule has 2 amide bonds. The molecule has 19 heteroatoms. The van der Waals surface area contributed by atoms with Gasteiger partial charge in [0.2, 0.25) is 0 Å². The van der Waals surface area contributed by atoms with E-state index in [4.69, 9.17) is 4.74 Å². The Balaban J connectivity index is 1.02. The Morgan fingerprint density at radius 2 is 1.89 bits per heavy atom. The third kappa shape index (κ3) is 9.17. The van der Waals surface area contributed by atoms with Gasteiger partial charge in [-0.3, -0.25) is 24.7 Å². The number of nitrogens with zero attached hydrogens (tertiary/aromatic N) is 7. The smallest absolute Gasteiger partial charge is 0.293 e. The lowest BCUT2D eigenvalue weighted by molar-refractivity contribution is -0.384. The number of thiazole rings is 1. The van der Waals surface area contributed by atoms with Gasteiger partial charge in [0.1, 0.15) is 23.7 Å². The summed E-state index contributed by atoms with van der Waals surface area (Å²) in [4.78, 5) is 54.5. The van der Waals surface area contributed by atoms with Gasteiger partial charge >= 0.3 is 0 Å². The summed E-state index contributed by atoms with van der Waals surface area (Å²) in [6.07, 6.45) is 7.81. The van der Waals surface area contributed by atoms with Gasteiger partial charge in [-0.25, -0.2) is 23.1 Å². The minimum atomic E-state index is -4.55. The summed E-state index contributed by atoms with van der Waals surface area (Å²) in [6.45, 7) is 1.72. The molecule has 3 aromatic heterocycles. The zero-order valence-corrected chi connectivity index (χ0v) is 32.5. The molecule has 17 nitrogen and oxygen atoms in total. The lowest BCUT2D eigenvalue weighted by atomic mass is 9.94. The SMILES string of the molecule is CN(C)CC[C@H](COc1ccccc1)Nc1ccc(S(=O)(=O)NC(=O)c2csc(N3CCc4cccc(C(=O)Nc5cn6ccncc6n5)c4C3)n2)cc1[N+](=O)[O-]. The first-order chi connectivity index (χ1) is 27.4. The van der Waals surface area contributed by atoms with Gasteiger partial charge < -0.3 is 29.6 Å². The number of rotatable bonds is 15. The zero-order valence-electron chi connectivity index (χ0n) is 30.9. The van der Waals surface area contributed by atoms with Gasteiger partial charge in [0.05, 0.1) is 28.3 Å². The van der Waals surface area contributed by atoms with Gasteiger partial charge in [0.25, 0.3) is 27.5 Å². The van der Waals surface area contributed by atoms with Gasteiger partial charge in [0.15, 0.2) is 16.6 Å². The molecule has 3 N–H and O–H groups in total. The number of para-hydroxylation sites is 1. The van der Waals surface area contributed by atoms with Crippen LogP contribution in [0, 0.1) is 10.1 Å². The molecule has 1 aliphatic heterocycles. The lowest BCUT2D eigenvalue weighted by Crippen LogP contribution is -2.33. The molecule has 0 fully saturated rings. The number of aromatic nitrogens is 4. The number of amides is 2. The molecule has 3 aromatic carbocycles. The van der Waals surface area contributed by atoms with Crippen molar-refractivity contribution in [3.63, 3.8) is 0 Å². The molecule has 0 saturated heterocycles. The first-order valence-corrected chi connectivity index (χ1v) is 20.2. The summed E-state index contributed by atoms with van der Waals surface area (Å²) in [7, 11) is -0.729. The number of nitrogens with one attached hydrogen (secondary N) is 3. The second-order valence-electron chi connectivity index (χ2n) is 13.5. The van der Waals surface area contributed by atoms with Crippen LogP contribution in [0.5, 0.6) is 5.75 Å². The van der Waals surface area contributed by atoms with Crippen molar-refractivity contribution in [1.29, 1.82) is 0 Å². The van der Waals surface area contributed by atoms with E-state index < -0.39 is 31.4 Å². The van der Waals surface area contributed by atoms with Crippen molar-refractivity contribution in [2.75, 3.05) is 49.3 Å². The zero-order chi connectivity index (χ0) is 40.1. The number of sulfonamides is 1. The quantitative estimate of drug-likeness (QED) is 0.0939. The Morgan fingerprint density at radius 3 is 2.67 bits per heavy atom. The van der Waals surface area contributed by atoms with Crippen LogP contribution in [0.25, 0.3) is 5.65 Å². The van der Waals surface area contributed by atoms with Crippen molar-refractivity contribution >= 4 is 61.1 Å². The normalized spacial score (nSPS) is 13.2. The van der Waals surface area contributed by atoms with Gasteiger partial charge in [-0.05, 0) is 74.9 Å². The van der Waals surface area contributed by atoms with Gasteiger partial charge in [-0.2, -0.15) is 0 Å². The summed E-state index contributed by atoms with van der Waals surface area (Å²) in [5.74, 6) is -0.314. The van der Waals surface area contributed by atoms with E-state index in [-0.39, 0.29) is 29.9 Å². The molecular weight excluding hydrogens is 773 g/mol. The van der Waals surface area contributed by atoms with Crippen LogP contribution >= 0.6 is 11.3 Å². The van der Waals surface area contributed by atoms with Gasteiger partial charge in [0, 0.05) is 42.5 Å². The topological polar surface area (TPSA) is 206 Å². The largest absolute Gasteiger partial charge is 0.491 e. The maximum absolute atomic E-state index is 13.4. The molecule has 6 aromatic rings. The van der Waals surface area contributed by atoms with E-state index in [0.29, 0.717) is 60.4 Å². The molecule has 1 atom stereocenters. The number of carbonyl (C=O) groups is 2. The van der Waals surface area contributed by atoms with E-state index in [2.05, 4.69) is 25.6 Å². The summed E-state index contributed by atoms with van der Waals surface area (Å²) < 4.78 is 36.5. The van der Waals surface area contributed by atoms with Crippen molar-refractivity contribution in [2.45, 2.75) is 30.3 Å². The number of nitro groups is 1. The average Bonchev–Trinajstić information content (AvgIpc) is 3.86. The van der Waals surface area contributed by atoms with Crippen LogP contribution in [0.15, 0.2) is 102 Å². The average molecular weight is 811 g/mol. The molecule has 0 unspecified atom stereocenters. The van der Waals surface area contributed by atoms with Crippen LogP contribution in [-0.4, -0.2) is 89.2 Å². The van der Waals surface area contributed by atoms with E-state index in [1.165, 1.54) is 17.5 Å². The highest BCUT2D eigenvalue weighted by atomic mass is 32.2. The maximum atomic E-state index is 13.4. The number of hydrogen-bond acceptors (Lipinski definition) is 14. The Kier molecular flexibility index (Phi) is 11.4. The Morgan fingerprint density at radius 1 is 1.07 bits per heavy atom. The van der Waals surface area contributed by atoms with E-state index in [0.717, 1.165) is 28.5 Å². The number of benzene rings is 3. The Labute approximate surface area is 331 Å². The number of ether oxygens (including phenoxy) is 1. The second-order valence-corrected chi connectivity index (χ2v) is 16.0. The molecule has 1 aliphatic rings. The highest BCUT2D eigenvalue weighted by Crippen LogP contribution is 2.31. The standard InChI is InChI=1S/C38H38N10O7S2/c1-45(2)16-14-26(23-55-27-8-4-3-5-9-27)40-31-12-11-28(19-33(31)48(51)52)57(53,54)44-37(50)32-24-56-38(41-32)47-17-13-25-7-6-10-29(30(25)21-47)36(49)43-34-22-46-18-15-39-20-35(46)42-34/h3-12,15,18-20,22,24,26,40H,13-14,16-17,21,23H2,1-2H3,(H,43,49)(H,44,50)/t26-/m1/s1. The molecule has 294 valence electrons. The maximum Gasteiger partial charge on any atom is 0.293 e. The fourth-order valence-corrected chi connectivity index (χ4v) is 8.10. The summed E-state index contributed by atoms with van der Waals surface area (Å²) in [6, 6.07) is 17.7. The molecule has 0 radical (unpaired) electrons. The Hall–Kier alpha value is -6.44. The molecule has 0 saturated carbocycles. The predicted octanol–water partition coefficient (Wildman–Crippen LogP) is 4.84. The summed E-state index contributed by atoms with van der Waals surface area (Å²) in [5.41, 5.74) is 2.32. The van der Waals surface area contributed by atoms with Crippen LogP contribution in [-0.2, 0) is 23.0 Å². The third-order valence-corrected chi connectivity index (χ3v) is 11.4. The lowest BCUT2D eigenvalue weighted by Gasteiger charge is -2.29. The van der Waals surface area contributed by atoms with Crippen molar-refractivity contribution in [1.82, 2.24) is 29.0 Å². The van der Waals surface area contributed by atoms with Gasteiger partial charge in [-0.1, -0.05) is 30.3 Å². The minimum Gasteiger partial charge on any atom is -0.491 e. The molecular formula is C38H38N10O7S2. The second kappa shape index (κ2) is 16.7. The van der Waals surface area contributed by atoms with Gasteiger partial charge in [-0.15, -0.1) is 11.3 Å². The number of anilines is 3. The summed E-state index contributed by atoms with van der Waals surface area (Å²) >= 11 is 1.15. The van der Waals surface area contributed by atoms with Crippen LogP contribution in [0.2, 0.25) is 0 Å². The predicted molar refractivity (Wildman–Crippen MR) is 215 cm³/mol. The van der Waals surface area contributed by atoms with Crippen molar-refractivity contribution in [3.05, 3.63) is 129 Å². The molecule has 4 heterocycles. The van der Waals surface area contributed by atoms with Crippen LogP contribution < -0.4 is 25.0 Å². The molecule has 57 heavy (non-hydrogen) atoms. The highest BCUT2D eigenvalue weighted by molar-refractivity contribution is 7.90. The van der Waals surface area contributed by atoms with E-state index in [1.54, 1.807) is 47.4 Å². The van der Waals surface area contributed by atoms with E-state index in [1.807, 2.05) is 58.9 Å². The van der Waals surface area contributed by atoms with Crippen LogP contribution in [0.4, 0.5) is 22.3 Å². The first kappa shape index (κ1) is 38.8. The van der Waals surface area contributed by atoms with E-state index >= 15 is 0 Å². The number of imidazole rings is 1. The van der Waals surface area contributed by atoms with Crippen LogP contribution in [0.1, 0.15) is 38.4 Å². The van der Waals surface area contributed by atoms with E-state index in [9.17, 15) is 28.1 Å². The van der Waals surface area contributed by atoms with Crippen molar-refractivity contribution < 1.29 is 27.7 Å². The van der Waals surface area contributed by atoms with Crippen molar-refractivity contribution in [3.8, 4) is 5.75 Å². The van der Waals surface area contributed by atoms with Crippen LogP contribution in [0.3, 0.4) is 0 Å². The minimum absolute atomic E-state index is 0.103. The monoisotopic (exact) mass is 810 g/mol. The Bertz CT molecular complexity index is 2510. The molecule has 0 aliphatic carbocycles. The fraction of sp³-hybridized carbons (Fsp3) is 0.237. The fourth-order valence-electron chi connectivity index (χ4n) is 6.29. The van der Waals surface area contributed by atoms with Crippen molar-refractivity contribution in [2.24, 2.45) is 0 Å². The molecule has 0 spiro atoms. The molecule has 0 bridgehead atoms. The highest BCUT2D eigenvalue weighted by Gasteiger charge is 2.28. The molecule has 7 rings (SSSR count). The number of fused-ring (bicyclic) bond motifs is 2. The number of nitro benzene ring substituents is 1. The summed E-state index contributed by atoms with van der Waals surface area (Å²) in [5, 5.41) is 20.1. The number of hydrogen-bond donors (Lipinski definition) is 3. The number of carbonyl (C=O) groups excluding carboxylic acids is 2. The first-order valence-electron chi connectivity index (χ1n) is 17.8.